The SMILES string of the molecule is COc1ccc2nc(OC3CC4C(=O)NC5(C(=O)NS(=O)(=O)C6(C)CC6)CC5C=CCCC(C)CC(C)C(NC(=O)OC(C)(C)C(F)(F)F)C(=O)N4C3)c(-c3ccc(OC(C)C)cc3)nc2c1. The molecule has 4 aliphatic rings. The standard InChI is InChI=1S/C47H59F3N6O10S/c1-26(2)64-31-15-13-29(14-16-31)38-40(52-34-18-17-32(63-8)22-35(34)51-38)65-33-23-36-39(57)54-46(42(59)55-67(61,62)45(7)19-20-45)24-30(46)12-10-9-11-27(3)21-28(4)37(41(58)56(36)25-33)53-43(60)66-44(5,6)47(48,49)50/h10,12-18,22,26-28,30,33,36-37H,9,11,19-21,23-25H2,1-8H3,(H,53,60)(H,54,57)(H,55,59). The maximum Gasteiger partial charge on any atom is 0.427 e. The van der Waals surface area contributed by atoms with Crippen molar-refractivity contribution in [2.75, 3.05) is 13.7 Å². The average molecular weight is 957 g/mol. The average Bonchev–Trinajstić information content (AvgIpc) is 4.13. The number of alkyl carbamates (subject to hydrolysis) is 1. The minimum atomic E-state index is -4.94. The van der Waals surface area contributed by atoms with Crippen LogP contribution in [0.1, 0.15) is 93.4 Å². The van der Waals surface area contributed by atoms with E-state index in [1.165, 1.54) is 18.9 Å². The lowest BCUT2D eigenvalue weighted by Gasteiger charge is -2.34. The molecule has 4 amide bonds. The monoisotopic (exact) mass is 956 g/mol. The van der Waals surface area contributed by atoms with Gasteiger partial charge in [-0.15, -0.1) is 0 Å². The lowest BCUT2D eigenvalue weighted by molar-refractivity contribution is -0.244. The molecular formula is C47H59F3N6O10S. The van der Waals surface area contributed by atoms with E-state index in [4.69, 9.17) is 28.9 Å². The fourth-order valence-electron chi connectivity index (χ4n) is 8.58. The number of nitrogens with one attached hydrogen (secondary N) is 3. The molecular weight excluding hydrogens is 898 g/mol. The number of ether oxygens (including phenoxy) is 4. The van der Waals surface area contributed by atoms with E-state index >= 15 is 4.79 Å². The zero-order valence-electron chi connectivity index (χ0n) is 38.9. The van der Waals surface area contributed by atoms with Crippen LogP contribution < -0.4 is 29.6 Å². The van der Waals surface area contributed by atoms with E-state index in [1.54, 1.807) is 55.5 Å². The number of benzene rings is 2. The molecule has 3 N–H and O–H groups in total. The van der Waals surface area contributed by atoms with Crippen molar-refractivity contribution in [3.05, 3.63) is 54.6 Å². The second kappa shape index (κ2) is 18.4. The fraction of sp³-hybridized carbons (Fsp3) is 0.574. The zero-order chi connectivity index (χ0) is 48.9. The highest BCUT2D eigenvalue weighted by atomic mass is 32.2. The molecule has 20 heteroatoms. The first-order chi connectivity index (χ1) is 31.3. The van der Waals surface area contributed by atoms with Gasteiger partial charge in [0.25, 0.3) is 5.91 Å². The van der Waals surface area contributed by atoms with Gasteiger partial charge in [-0.1, -0.05) is 26.0 Å². The topological polar surface area (TPSA) is 204 Å². The predicted molar refractivity (Wildman–Crippen MR) is 240 cm³/mol. The van der Waals surface area contributed by atoms with Crippen LogP contribution in [0.4, 0.5) is 18.0 Å². The van der Waals surface area contributed by atoms with Gasteiger partial charge >= 0.3 is 12.3 Å². The molecule has 7 unspecified atom stereocenters. The largest absolute Gasteiger partial charge is 0.497 e. The number of aromatic nitrogens is 2. The number of sulfonamides is 1. The highest BCUT2D eigenvalue weighted by molar-refractivity contribution is 7.91. The third-order valence-corrected chi connectivity index (χ3v) is 15.3. The third-order valence-electron chi connectivity index (χ3n) is 13.2. The summed E-state index contributed by atoms with van der Waals surface area (Å²) in [5.41, 5.74) is -2.79. The lowest BCUT2D eigenvalue weighted by atomic mass is 9.88. The Hall–Kier alpha value is -5.66. The van der Waals surface area contributed by atoms with Crippen LogP contribution in [0, 0.1) is 17.8 Å². The maximum absolute atomic E-state index is 15.0. The van der Waals surface area contributed by atoms with Gasteiger partial charge in [0, 0.05) is 24.0 Å². The highest BCUT2D eigenvalue weighted by Crippen LogP contribution is 2.48. The number of halogens is 3. The first-order valence-corrected chi connectivity index (χ1v) is 24.1. The van der Waals surface area contributed by atoms with Crippen molar-refractivity contribution < 1.29 is 59.7 Å². The van der Waals surface area contributed by atoms with Gasteiger partial charge in [0.1, 0.15) is 40.9 Å². The molecule has 2 aliphatic heterocycles. The number of hydrogen-bond acceptors (Lipinski definition) is 12. The van der Waals surface area contributed by atoms with Crippen molar-refractivity contribution in [3.8, 4) is 28.6 Å². The summed E-state index contributed by atoms with van der Waals surface area (Å²) in [6.07, 6.45) is -1.78. The van der Waals surface area contributed by atoms with E-state index < -0.39 is 85.9 Å². The minimum absolute atomic E-state index is 0.0487. The molecule has 3 heterocycles. The molecule has 3 fully saturated rings. The second-order valence-electron chi connectivity index (χ2n) is 19.4. The van der Waals surface area contributed by atoms with Crippen LogP contribution in [0.25, 0.3) is 22.3 Å². The van der Waals surface area contributed by atoms with Gasteiger partial charge in [0.05, 0.1) is 35.5 Å². The van der Waals surface area contributed by atoms with Crippen LogP contribution in [0.3, 0.4) is 0 Å². The van der Waals surface area contributed by atoms with Crippen LogP contribution in [0.15, 0.2) is 54.6 Å². The van der Waals surface area contributed by atoms with E-state index in [0.29, 0.717) is 79.7 Å². The second-order valence-corrected chi connectivity index (χ2v) is 21.6. The summed E-state index contributed by atoms with van der Waals surface area (Å²) in [5.74, 6) is -2.67. The normalized spacial score (nSPS) is 26.6. The van der Waals surface area contributed by atoms with Crippen molar-refractivity contribution >= 4 is 44.9 Å². The number of alkyl halides is 3. The molecule has 0 radical (unpaired) electrons. The van der Waals surface area contributed by atoms with Gasteiger partial charge in [-0.25, -0.2) is 23.2 Å². The first kappa shape index (κ1) is 49.3. The molecule has 2 aromatic carbocycles. The van der Waals surface area contributed by atoms with E-state index in [1.807, 2.05) is 26.8 Å². The molecule has 0 bridgehead atoms. The number of allylic oxidation sites excluding steroid dienone is 1. The molecule has 1 saturated heterocycles. The van der Waals surface area contributed by atoms with Gasteiger partial charge in [0.2, 0.25) is 33.3 Å². The molecule has 3 aromatic rings. The van der Waals surface area contributed by atoms with E-state index in [-0.39, 0.29) is 37.3 Å². The van der Waals surface area contributed by atoms with Gasteiger partial charge in [-0.3, -0.25) is 19.1 Å². The Morgan fingerprint density at radius 3 is 2.31 bits per heavy atom. The molecule has 67 heavy (non-hydrogen) atoms. The van der Waals surface area contributed by atoms with E-state index in [0.717, 1.165) is 0 Å². The Bertz CT molecular complexity index is 2530. The quantitative estimate of drug-likeness (QED) is 0.171. The summed E-state index contributed by atoms with van der Waals surface area (Å²) in [6.45, 7) is 10.0. The number of rotatable bonds is 11. The number of carbonyl (C=O) groups excluding carboxylic acids is 4. The number of methoxy groups -OCH3 is 1. The Labute approximate surface area is 388 Å². The first-order valence-electron chi connectivity index (χ1n) is 22.6. The van der Waals surface area contributed by atoms with Crippen LogP contribution in [0.2, 0.25) is 0 Å². The molecule has 16 nitrogen and oxygen atoms in total. The zero-order valence-corrected chi connectivity index (χ0v) is 39.7. The molecule has 7 atom stereocenters. The highest BCUT2D eigenvalue weighted by Gasteiger charge is 2.63. The number of fused-ring (bicyclic) bond motifs is 3. The summed E-state index contributed by atoms with van der Waals surface area (Å²) in [4.78, 5) is 68.1. The van der Waals surface area contributed by atoms with Gasteiger partial charge in [-0.05, 0) is 121 Å². The fourth-order valence-corrected chi connectivity index (χ4v) is 9.89. The molecule has 0 spiro atoms. The van der Waals surface area contributed by atoms with Gasteiger partial charge < -0.3 is 34.5 Å². The number of nitrogens with zero attached hydrogens (tertiary/aromatic N) is 3. The summed E-state index contributed by atoms with van der Waals surface area (Å²) in [7, 11) is -2.60. The lowest BCUT2D eigenvalue weighted by Crippen LogP contribution is -2.59. The maximum atomic E-state index is 15.0. The molecule has 1 aromatic heterocycles. The van der Waals surface area contributed by atoms with E-state index in [2.05, 4.69) is 15.4 Å². The van der Waals surface area contributed by atoms with Crippen LogP contribution in [0.5, 0.6) is 17.4 Å². The molecule has 7 rings (SSSR count). The van der Waals surface area contributed by atoms with Crippen molar-refractivity contribution in [1.82, 2.24) is 30.2 Å². The van der Waals surface area contributed by atoms with Crippen LogP contribution in [-0.2, 0) is 29.1 Å². The summed E-state index contributed by atoms with van der Waals surface area (Å²) in [6, 6.07) is 9.33. The smallest absolute Gasteiger partial charge is 0.427 e. The van der Waals surface area contributed by atoms with E-state index in [9.17, 15) is 36.0 Å². The number of carbonyl (C=O) groups is 4. The summed E-state index contributed by atoms with van der Waals surface area (Å²) < 4.78 is 92.2. The molecule has 2 saturated carbocycles. The van der Waals surface area contributed by atoms with Gasteiger partial charge in [-0.2, -0.15) is 13.2 Å². The Morgan fingerprint density at radius 1 is 0.985 bits per heavy atom. The van der Waals surface area contributed by atoms with Crippen LogP contribution in [-0.4, -0.2) is 107 Å². The molecule has 364 valence electrons. The van der Waals surface area contributed by atoms with Crippen molar-refractivity contribution in [2.45, 2.75) is 140 Å². The van der Waals surface area contributed by atoms with Crippen molar-refractivity contribution in [3.63, 3.8) is 0 Å². The number of amides is 4. The summed E-state index contributed by atoms with van der Waals surface area (Å²) >= 11 is 0. The van der Waals surface area contributed by atoms with Gasteiger partial charge in [0.15, 0.2) is 0 Å². The van der Waals surface area contributed by atoms with Crippen LogP contribution >= 0.6 is 0 Å². The van der Waals surface area contributed by atoms with Crippen molar-refractivity contribution in [1.29, 1.82) is 0 Å². The minimum Gasteiger partial charge on any atom is -0.497 e. The Morgan fingerprint density at radius 2 is 1.67 bits per heavy atom. The van der Waals surface area contributed by atoms with Crippen molar-refractivity contribution in [2.24, 2.45) is 17.8 Å². The molecule has 2 aliphatic carbocycles. The summed E-state index contributed by atoms with van der Waals surface area (Å²) in [5, 5.41) is 5.22. The third kappa shape index (κ3) is 10.6. The predicted octanol–water partition coefficient (Wildman–Crippen LogP) is 6.76. The Balaban J connectivity index is 1.27. The number of hydrogen-bond donors (Lipinski definition) is 3. The Kier molecular flexibility index (Phi) is 13.6.